The van der Waals surface area contributed by atoms with Crippen LogP contribution in [0.3, 0.4) is 0 Å². The zero-order valence-corrected chi connectivity index (χ0v) is 16.3. The van der Waals surface area contributed by atoms with Gasteiger partial charge in [0.1, 0.15) is 5.75 Å². The van der Waals surface area contributed by atoms with Gasteiger partial charge in [0.2, 0.25) is 5.91 Å². The molecule has 0 radical (unpaired) electrons. The Morgan fingerprint density at radius 3 is 2.74 bits per heavy atom. The van der Waals surface area contributed by atoms with Crippen molar-refractivity contribution >= 4 is 17.7 Å². The summed E-state index contributed by atoms with van der Waals surface area (Å²) < 4.78 is 12.3. The maximum atomic E-state index is 12.4. The number of ether oxygens (including phenoxy) is 1. The first kappa shape index (κ1) is 19.0. The number of hydrogen-bond acceptors (Lipinski definition) is 6. The lowest BCUT2D eigenvalue weighted by molar-refractivity contribution is -0.120. The van der Waals surface area contributed by atoms with Crippen molar-refractivity contribution in [2.75, 3.05) is 13.7 Å². The summed E-state index contributed by atoms with van der Waals surface area (Å²) in [5.74, 6) is 2.07. The number of amides is 1. The molecule has 8 heteroatoms. The highest BCUT2D eigenvalue weighted by molar-refractivity contribution is 8.00. The fourth-order valence-corrected chi connectivity index (χ4v) is 3.35. The molecule has 1 unspecified atom stereocenters. The lowest BCUT2D eigenvalue weighted by Gasteiger charge is -2.11. The summed E-state index contributed by atoms with van der Waals surface area (Å²) >= 11 is 1.37. The topological polar surface area (TPSA) is 82.2 Å². The molecule has 2 heterocycles. The minimum absolute atomic E-state index is 0.0314. The molecule has 7 nitrogen and oxygen atoms in total. The van der Waals surface area contributed by atoms with Gasteiger partial charge in [0, 0.05) is 13.6 Å². The first-order valence-electron chi connectivity index (χ1n) is 8.59. The largest absolute Gasteiger partial charge is 0.497 e. The average Bonchev–Trinajstić information content (AvgIpc) is 3.32. The molecule has 1 aromatic carbocycles. The Morgan fingerprint density at radius 2 is 2.07 bits per heavy atom. The van der Waals surface area contributed by atoms with Crippen LogP contribution in [0.4, 0.5) is 0 Å². The van der Waals surface area contributed by atoms with Gasteiger partial charge in [0.05, 0.1) is 18.6 Å². The molecule has 3 rings (SSSR count). The number of hydrogen-bond donors (Lipinski definition) is 1. The molecular weight excluding hydrogens is 364 g/mol. The van der Waals surface area contributed by atoms with Gasteiger partial charge in [-0.1, -0.05) is 23.9 Å². The maximum Gasteiger partial charge on any atom is 0.233 e. The van der Waals surface area contributed by atoms with Crippen LogP contribution in [0.5, 0.6) is 5.75 Å². The summed E-state index contributed by atoms with van der Waals surface area (Å²) in [5.41, 5.74) is 1.15. The predicted molar refractivity (Wildman–Crippen MR) is 104 cm³/mol. The van der Waals surface area contributed by atoms with Crippen LogP contribution in [0.15, 0.2) is 52.2 Å². The van der Waals surface area contributed by atoms with E-state index in [1.807, 2.05) is 48.9 Å². The lowest BCUT2D eigenvalue weighted by Crippen LogP contribution is -2.32. The Bertz CT molecular complexity index is 875. The molecule has 1 atom stereocenters. The van der Waals surface area contributed by atoms with E-state index in [0.29, 0.717) is 23.3 Å². The molecule has 27 heavy (non-hydrogen) atoms. The van der Waals surface area contributed by atoms with Crippen LogP contribution in [-0.2, 0) is 18.3 Å². The number of nitrogens with zero attached hydrogens (tertiary/aromatic N) is 3. The van der Waals surface area contributed by atoms with E-state index in [4.69, 9.17) is 9.15 Å². The normalized spacial score (nSPS) is 12.0. The second kappa shape index (κ2) is 8.77. The van der Waals surface area contributed by atoms with E-state index >= 15 is 0 Å². The second-order valence-electron chi connectivity index (χ2n) is 5.99. The molecule has 0 bridgehead atoms. The highest BCUT2D eigenvalue weighted by Gasteiger charge is 2.19. The summed E-state index contributed by atoms with van der Waals surface area (Å²) in [6, 6.07) is 11.5. The third-order valence-corrected chi connectivity index (χ3v) is 5.23. The van der Waals surface area contributed by atoms with Crippen molar-refractivity contribution in [3.05, 3.63) is 48.2 Å². The number of benzene rings is 1. The Kier molecular flexibility index (Phi) is 6.18. The molecule has 142 valence electrons. The van der Waals surface area contributed by atoms with E-state index in [1.54, 1.807) is 19.4 Å². The predicted octanol–water partition coefficient (Wildman–Crippen LogP) is 2.92. The van der Waals surface area contributed by atoms with E-state index in [9.17, 15) is 4.79 Å². The summed E-state index contributed by atoms with van der Waals surface area (Å²) in [6.45, 7) is 2.43. The molecule has 0 aliphatic carbocycles. The molecule has 1 N–H and O–H groups in total. The molecule has 0 spiro atoms. The van der Waals surface area contributed by atoms with E-state index in [-0.39, 0.29) is 11.2 Å². The number of carbonyl (C=O) groups excluding carboxylic acids is 1. The van der Waals surface area contributed by atoms with Crippen LogP contribution in [0, 0.1) is 0 Å². The monoisotopic (exact) mass is 386 g/mol. The van der Waals surface area contributed by atoms with Gasteiger partial charge in [-0.25, -0.2) is 0 Å². The van der Waals surface area contributed by atoms with Crippen LogP contribution >= 0.6 is 11.8 Å². The van der Waals surface area contributed by atoms with Gasteiger partial charge in [-0.2, -0.15) is 0 Å². The molecule has 0 saturated heterocycles. The van der Waals surface area contributed by atoms with Crippen molar-refractivity contribution in [3.63, 3.8) is 0 Å². The van der Waals surface area contributed by atoms with Crippen LogP contribution < -0.4 is 10.1 Å². The van der Waals surface area contributed by atoms with Gasteiger partial charge in [0.15, 0.2) is 16.7 Å². The van der Waals surface area contributed by atoms with Crippen LogP contribution in [0.1, 0.15) is 12.5 Å². The smallest absolute Gasteiger partial charge is 0.233 e. The Labute approximate surface area is 162 Å². The third-order valence-electron chi connectivity index (χ3n) is 4.10. The van der Waals surface area contributed by atoms with Crippen LogP contribution in [0.2, 0.25) is 0 Å². The van der Waals surface area contributed by atoms with Crippen LogP contribution in [-0.4, -0.2) is 39.6 Å². The van der Waals surface area contributed by atoms with E-state index in [2.05, 4.69) is 15.5 Å². The van der Waals surface area contributed by atoms with Gasteiger partial charge < -0.3 is 19.0 Å². The molecule has 0 aliphatic rings. The van der Waals surface area contributed by atoms with E-state index in [0.717, 1.165) is 17.7 Å². The van der Waals surface area contributed by atoms with Gasteiger partial charge in [-0.05, 0) is 43.2 Å². The zero-order chi connectivity index (χ0) is 19.2. The maximum absolute atomic E-state index is 12.4. The number of carbonyl (C=O) groups is 1. The summed E-state index contributed by atoms with van der Waals surface area (Å²) in [7, 11) is 3.50. The molecule has 0 saturated carbocycles. The zero-order valence-electron chi connectivity index (χ0n) is 15.5. The molecule has 0 fully saturated rings. The van der Waals surface area contributed by atoms with Crippen LogP contribution in [0.25, 0.3) is 11.6 Å². The van der Waals surface area contributed by atoms with Crippen molar-refractivity contribution in [3.8, 4) is 17.3 Å². The Hall–Kier alpha value is -2.74. The van der Waals surface area contributed by atoms with Gasteiger partial charge >= 0.3 is 0 Å². The fraction of sp³-hybridized carbons (Fsp3) is 0.316. The number of aromatic nitrogens is 3. The number of thioether (sulfide) groups is 1. The third kappa shape index (κ3) is 4.71. The van der Waals surface area contributed by atoms with Gasteiger partial charge in [-0.3, -0.25) is 4.79 Å². The molecule has 0 aliphatic heterocycles. The Morgan fingerprint density at radius 1 is 1.30 bits per heavy atom. The standard InChI is InChI=1S/C19H22N4O3S/c1-13(18(24)20-11-10-14-6-8-15(25-3)9-7-14)27-19-22-21-17(23(19)2)16-5-4-12-26-16/h4-9,12-13H,10-11H2,1-3H3,(H,20,24). The average molecular weight is 386 g/mol. The molecule has 2 aromatic heterocycles. The second-order valence-corrected chi connectivity index (χ2v) is 7.30. The summed E-state index contributed by atoms with van der Waals surface area (Å²) in [5, 5.41) is 11.7. The van der Waals surface area contributed by atoms with Gasteiger partial charge in [0.25, 0.3) is 0 Å². The molecule has 1 amide bonds. The van der Waals surface area contributed by atoms with E-state index < -0.39 is 0 Å². The van der Waals surface area contributed by atoms with Crippen molar-refractivity contribution in [1.29, 1.82) is 0 Å². The number of furan rings is 1. The summed E-state index contributed by atoms with van der Waals surface area (Å²) in [4.78, 5) is 12.4. The fourth-order valence-electron chi connectivity index (χ4n) is 2.52. The number of rotatable bonds is 8. The minimum atomic E-state index is -0.284. The Balaban J connectivity index is 1.50. The number of methoxy groups -OCH3 is 1. The van der Waals surface area contributed by atoms with Crippen molar-refractivity contribution in [1.82, 2.24) is 20.1 Å². The van der Waals surface area contributed by atoms with Crippen molar-refractivity contribution in [2.45, 2.75) is 23.8 Å². The highest BCUT2D eigenvalue weighted by atomic mass is 32.2. The first-order valence-corrected chi connectivity index (χ1v) is 9.47. The van der Waals surface area contributed by atoms with Crippen molar-refractivity contribution in [2.24, 2.45) is 7.05 Å². The van der Waals surface area contributed by atoms with E-state index in [1.165, 1.54) is 11.8 Å². The minimum Gasteiger partial charge on any atom is -0.497 e. The molecule has 3 aromatic rings. The van der Waals surface area contributed by atoms with Gasteiger partial charge in [-0.15, -0.1) is 10.2 Å². The first-order chi connectivity index (χ1) is 13.1. The molecular formula is C19H22N4O3S. The number of nitrogens with one attached hydrogen (secondary N) is 1. The lowest BCUT2D eigenvalue weighted by atomic mass is 10.1. The highest BCUT2D eigenvalue weighted by Crippen LogP contribution is 2.25. The van der Waals surface area contributed by atoms with Crippen molar-refractivity contribution < 1.29 is 13.9 Å². The SMILES string of the molecule is COc1ccc(CCNC(=O)C(C)Sc2nnc(-c3ccco3)n2C)cc1. The quantitative estimate of drug-likeness (QED) is 0.600. The summed E-state index contributed by atoms with van der Waals surface area (Å²) in [6.07, 6.45) is 2.36.